The van der Waals surface area contributed by atoms with Crippen molar-refractivity contribution in [3.05, 3.63) is 59.7 Å². The van der Waals surface area contributed by atoms with Crippen molar-refractivity contribution in [2.45, 2.75) is 76.3 Å². The molecule has 35 heavy (non-hydrogen) atoms. The van der Waals surface area contributed by atoms with Gasteiger partial charge in [0.05, 0.1) is 6.54 Å². The summed E-state index contributed by atoms with van der Waals surface area (Å²) in [6, 6.07) is 14.7. The minimum Gasteiger partial charge on any atom is -0.376 e. The average molecular weight is 477 g/mol. The first-order valence-corrected chi connectivity index (χ1v) is 12.9. The lowest BCUT2D eigenvalue weighted by Crippen LogP contribution is -2.36. The average Bonchev–Trinajstić information content (AvgIpc) is 2.89. The summed E-state index contributed by atoms with van der Waals surface area (Å²) < 4.78 is 0. The number of carbonyl (C=O) groups is 3. The van der Waals surface area contributed by atoms with Gasteiger partial charge in [0.25, 0.3) is 11.8 Å². The fourth-order valence-corrected chi connectivity index (χ4v) is 4.93. The SMILES string of the molecule is O=C(CNc1cccc(C(=O)NC2CCCCC2)c1)Nc1cccc(C(=O)NC2CCCCC2)c1. The lowest BCUT2D eigenvalue weighted by Gasteiger charge is -2.23. The molecule has 0 bridgehead atoms. The lowest BCUT2D eigenvalue weighted by molar-refractivity contribution is -0.114. The maximum atomic E-state index is 12.6. The van der Waals surface area contributed by atoms with Crippen LogP contribution in [0.2, 0.25) is 0 Å². The zero-order valence-corrected chi connectivity index (χ0v) is 20.3. The second-order valence-corrected chi connectivity index (χ2v) is 9.68. The van der Waals surface area contributed by atoms with Crippen LogP contribution >= 0.6 is 0 Å². The molecule has 2 fully saturated rings. The van der Waals surface area contributed by atoms with E-state index in [-0.39, 0.29) is 36.3 Å². The van der Waals surface area contributed by atoms with Gasteiger partial charge in [0.1, 0.15) is 0 Å². The van der Waals surface area contributed by atoms with Crippen LogP contribution in [0.5, 0.6) is 0 Å². The summed E-state index contributed by atoms with van der Waals surface area (Å²) in [7, 11) is 0. The molecule has 0 radical (unpaired) electrons. The molecule has 2 aliphatic rings. The molecule has 4 rings (SSSR count). The summed E-state index contributed by atoms with van der Waals surface area (Å²) >= 11 is 0. The first-order chi connectivity index (χ1) is 17.1. The van der Waals surface area contributed by atoms with Crippen LogP contribution in [-0.4, -0.2) is 36.3 Å². The standard InChI is InChI=1S/C28H36N4O3/c33-26(30-25-16-8-10-21(18-25)28(35)32-23-13-5-2-6-14-23)19-29-24-15-7-9-20(17-24)27(34)31-22-11-3-1-4-12-22/h7-10,15-18,22-23,29H,1-6,11-14,19H2,(H,30,33)(H,31,34)(H,32,35). The molecule has 0 unspecified atom stereocenters. The van der Waals surface area contributed by atoms with Crippen molar-refractivity contribution in [2.75, 3.05) is 17.2 Å². The third-order valence-corrected chi connectivity index (χ3v) is 6.87. The molecular formula is C28H36N4O3. The molecular weight excluding hydrogens is 440 g/mol. The molecule has 2 aliphatic carbocycles. The first-order valence-electron chi connectivity index (χ1n) is 12.9. The van der Waals surface area contributed by atoms with E-state index in [1.54, 1.807) is 36.4 Å². The minimum atomic E-state index is -0.230. The van der Waals surface area contributed by atoms with Crippen LogP contribution in [0.1, 0.15) is 84.9 Å². The Hall–Kier alpha value is -3.35. The fourth-order valence-electron chi connectivity index (χ4n) is 4.93. The van der Waals surface area contributed by atoms with Crippen LogP contribution in [0.4, 0.5) is 11.4 Å². The zero-order chi connectivity index (χ0) is 24.5. The molecule has 0 saturated heterocycles. The van der Waals surface area contributed by atoms with Gasteiger partial charge in [0, 0.05) is 34.6 Å². The third-order valence-electron chi connectivity index (χ3n) is 6.87. The quantitative estimate of drug-likeness (QED) is 0.437. The smallest absolute Gasteiger partial charge is 0.251 e. The Balaban J connectivity index is 1.26. The molecule has 0 heterocycles. The highest BCUT2D eigenvalue weighted by Gasteiger charge is 2.18. The Bertz CT molecular complexity index is 1030. The van der Waals surface area contributed by atoms with Crippen LogP contribution in [0.25, 0.3) is 0 Å². The topological polar surface area (TPSA) is 99.3 Å². The highest BCUT2D eigenvalue weighted by atomic mass is 16.2. The molecule has 7 heteroatoms. The maximum Gasteiger partial charge on any atom is 0.251 e. The van der Waals surface area contributed by atoms with E-state index in [1.807, 2.05) is 12.1 Å². The van der Waals surface area contributed by atoms with E-state index < -0.39 is 0 Å². The molecule has 7 nitrogen and oxygen atoms in total. The largest absolute Gasteiger partial charge is 0.376 e. The molecule has 3 amide bonds. The number of benzene rings is 2. The van der Waals surface area contributed by atoms with E-state index in [0.717, 1.165) is 51.4 Å². The number of nitrogens with one attached hydrogen (secondary N) is 4. The second-order valence-electron chi connectivity index (χ2n) is 9.68. The van der Waals surface area contributed by atoms with Crippen LogP contribution in [0.15, 0.2) is 48.5 Å². The zero-order valence-electron chi connectivity index (χ0n) is 20.3. The maximum absolute atomic E-state index is 12.6. The van der Waals surface area contributed by atoms with E-state index in [0.29, 0.717) is 22.5 Å². The van der Waals surface area contributed by atoms with Crippen molar-refractivity contribution in [1.82, 2.24) is 10.6 Å². The Labute approximate surface area is 207 Å². The van der Waals surface area contributed by atoms with Gasteiger partial charge in [0.2, 0.25) is 5.91 Å². The molecule has 0 aliphatic heterocycles. The van der Waals surface area contributed by atoms with Gasteiger partial charge in [-0.05, 0) is 62.1 Å². The molecule has 2 saturated carbocycles. The van der Waals surface area contributed by atoms with E-state index in [1.165, 1.54) is 12.8 Å². The lowest BCUT2D eigenvalue weighted by atomic mass is 9.95. The highest BCUT2D eigenvalue weighted by Crippen LogP contribution is 2.20. The Morgan fingerprint density at radius 1 is 0.657 bits per heavy atom. The van der Waals surface area contributed by atoms with Crippen molar-refractivity contribution >= 4 is 29.1 Å². The predicted octanol–water partition coefficient (Wildman–Crippen LogP) is 4.86. The van der Waals surface area contributed by atoms with Gasteiger partial charge in [0.15, 0.2) is 0 Å². The number of hydrogen-bond acceptors (Lipinski definition) is 4. The number of anilines is 2. The van der Waals surface area contributed by atoms with E-state index in [9.17, 15) is 14.4 Å². The van der Waals surface area contributed by atoms with Gasteiger partial charge in [-0.3, -0.25) is 14.4 Å². The molecule has 2 aromatic rings. The second kappa shape index (κ2) is 12.4. The number of hydrogen-bond donors (Lipinski definition) is 4. The van der Waals surface area contributed by atoms with Crippen LogP contribution in [0.3, 0.4) is 0 Å². The van der Waals surface area contributed by atoms with E-state index in [4.69, 9.17) is 0 Å². The summed E-state index contributed by atoms with van der Waals surface area (Å²) in [4.78, 5) is 37.7. The molecule has 0 atom stereocenters. The van der Waals surface area contributed by atoms with Crippen LogP contribution in [-0.2, 0) is 4.79 Å². The summed E-state index contributed by atoms with van der Waals surface area (Å²) in [6.45, 7) is 0.0478. The summed E-state index contributed by atoms with van der Waals surface area (Å²) in [5.41, 5.74) is 2.40. The van der Waals surface area contributed by atoms with Gasteiger partial charge in [-0.2, -0.15) is 0 Å². The van der Waals surface area contributed by atoms with Crippen molar-refractivity contribution in [1.29, 1.82) is 0 Å². The van der Waals surface area contributed by atoms with E-state index >= 15 is 0 Å². The van der Waals surface area contributed by atoms with Crippen LogP contribution in [0, 0.1) is 0 Å². The summed E-state index contributed by atoms with van der Waals surface area (Å²) in [5, 5.41) is 12.2. The van der Waals surface area contributed by atoms with Gasteiger partial charge in [-0.15, -0.1) is 0 Å². The molecule has 2 aromatic carbocycles. The van der Waals surface area contributed by atoms with Crippen molar-refractivity contribution in [2.24, 2.45) is 0 Å². The monoisotopic (exact) mass is 476 g/mol. The van der Waals surface area contributed by atoms with Gasteiger partial charge in [-0.25, -0.2) is 0 Å². The number of carbonyl (C=O) groups excluding carboxylic acids is 3. The Kier molecular flexibility index (Phi) is 8.76. The number of rotatable bonds is 8. The molecule has 4 N–H and O–H groups in total. The van der Waals surface area contributed by atoms with Gasteiger partial charge >= 0.3 is 0 Å². The van der Waals surface area contributed by atoms with Crippen molar-refractivity contribution in [3.8, 4) is 0 Å². The minimum absolute atomic E-state index is 0.0478. The first kappa shape index (κ1) is 24.8. The number of amides is 3. The van der Waals surface area contributed by atoms with Crippen LogP contribution < -0.4 is 21.3 Å². The third kappa shape index (κ3) is 7.57. The summed E-state index contributed by atoms with van der Waals surface area (Å²) in [6.07, 6.45) is 11.2. The van der Waals surface area contributed by atoms with Gasteiger partial charge < -0.3 is 21.3 Å². The van der Waals surface area contributed by atoms with Crippen molar-refractivity contribution in [3.63, 3.8) is 0 Å². The Morgan fingerprint density at radius 2 is 1.14 bits per heavy atom. The van der Waals surface area contributed by atoms with Crippen molar-refractivity contribution < 1.29 is 14.4 Å². The molecule has 186 valence electrons. The predicted molar refractivity (Wildman–Crippen MR) is 139 cm³/mol. The normalized spacial score (nSPS) is 16.8. The molecule has 0 spiro atoms. The highest BCUT2D eigenvalue weighted by molar-refractivity contribution is 5.98. The fraction of sp³-hybridized carbons (Fsp3) is 0.464. The summed E-state index contributed by atoms with van der Waals surface area (Å²) in [5.74, 6) is -0.408. The molecule has 0 aromatic heterocycles. The van der Waals surface area contributed by atoms with E-state index in [2.05, 4.69) is 21.3 Å². The van der Waals surface area contributed by atoms with Gasteiger partial charge in [-0.1, -0.05) is 50.7 Å². The Morgan fingerprint density at radius 3 is 1.69 bits per heavy atom.